The molecule has 3 aromatic rings. The summed E-state index contributed by atoms with van der Waals surface area (Å²) in [5.74, 6) is 0.354. The Labute approximate surface area is 196 Å². The van der Waals surface area contributed by atoms with Crippen LogP contribution >= 0.6 is 0 Å². The van der Waals surface area contributed by atoms with E-state index in [1.807, 2.05) is 0 Å². The first kappa shape index (κ1) is 24.5. The highest BCUT2D eigenvalue weighted by molar-refractivity contribution is 6.04. The van der Waals surface area contributed by atoms with Gasteiger partial charge in [-0.05, 0) is 72.6 Å². The van der Waals surface area contributed by atoms with Crippen LogP contribution < -0.4 is 25.4 Å². The number of anilines is 2. The van der Waals surface area contributed by atoms with Gasteiger partial charge in [-0.3, -0.25) is 9.59 Å². The summed E-state index contributed by atoms with van der Waals surface area (Å²) >= 11 is 0. The molecule has 0 bridgehead atoms. The van der Waals surface area contributed by atoms with Crippen LogP contribution in [0.4, 0.5) is 20.2 Å². The number of carbonyl (C=O) groups is 2. The van der Waals surface area contributed by atoms with Crippen molar-refractivity contribution in [2.45, 2.75) is 13.0 Å². The second-order valence-corrected chi connectivity index (χ2v) is 7.24. The van der Waals surface area contributed by atoms with Crippen molar-refractivity contribution in [1.82, 2.24) is 5.32 Å². The standard InChI is InChI=1S/C25H25F2N3O4/c1-33-21-12-8-20(9-13-21)30-24(32)18-4-6-19(7-5-18)29-16-23(31)28-15-14-17-2-10-22(11-3-17)34-25(26)27/h2-13,25,29H,14-16H2,1H3,(H,28,31)(H,30,32). The van der Waals surface area contributed by atoms with E-state index in [9.17, 15) is 18.4 Å². The Hall–Kier alpha value is -4.14. The fourth-order valence-corrected chi connectivity index (χ4v) is 3.05. The maximum absolute atomic E-state index is 12.4. The van der Waals surface area contributed by atoms with Crippen molar-refractivity contribution in [3.63, 3.8) is 0 Å². The Morgan fingerprint density at radius 3 is 2.09 bits per heavy atom. The van der Waals surface area contributed by atoms with Crippen molar-refractivity contribution in [3.05, 3.63) is 83.9 Å². The maximum Gasteiger partial charge on any atom is 0.387 e. The summed E-state index contributed by atoms with van der Waals surface area (Å²) in [5, 5.41) is 8.60. The normalized spacial score (nSPS) is 10.5. The topological polar surface area (TPSA) is 88.7 Å². The summed E-state index contributed by atoms with van der Waals surface area (Å²) in [7, 11) is 1.57. The van der Waals surface area contributed by atoms with Crippen LogP contribution in [-0.4, -0.2) is 38.6 Å². The smallest absolute Gasteiger partial charge is 0.387 e. The minimum absolute atomic E-state index is 0.0680. The number of hydrogen-bond acceptors (Lipinski definition) is 5. The average molecular weight is 469 g/mol. The molecule has 0 saturated heterocycles. The second-order valence-electron chi connectivity index (χ2n) is 7.24. The number of amides is 2. The van der Waals surface area contributed by atoms with E-state index in [2.05, 4.69) is 20.7 Å². The first-order chi connectivity index (χ1) is 16.4. The predicted octanol–water partition coefficient (Wildman–Crippen LogP) is 4.32. The monoisotopic (exact) mass is 469 g/mol. The SMILES string of the molecule is COc1ccc(NC(=O)c2ccc(NCC(=O)NCCc3ccc(OC(F)F)cc3)cc2)cc1. The van der Waals surface area contributed by atoms with Crippen LogP contribution in [0, 0.1) is 0 Å². The minimum Gasteiger partial charge on any atom is -0.497 e. The molecular formula is C25H25F2N3O4. The van der Waals surface area contributed by atoms with E-state index in [1.54, 1.807) is 67.8 Å². The van der Waals surface area contributed by atoms with Crippen LogP contribution in [-0.2, 0) is 11.2 Å². The highest BCUT2D eigenvalue weighted by Crippen LogP contribution is 2.17. The Morgan fingerprint density at radius 1 is 0.853 bits per heavy atom. The van der Waals surface area contributed by atoms with Gasteiger partial charge in [0.25, 0.3) is 5.91 Å². The van der Waals surface area contributed by atoms with Crippen LogP contribution in [0.2, 0.25) is 0 Å². The maximum atomic E-state index is 12.4. The van der Waals surface area contributed by atoms with Gasteiger partial charge in [0.1, 0.15) is 11.5 Å². The number of ether oxygens (including phenoxy) is 2. The van der Waals surface area contributed by atoms with Crippen molar-refractivity contribution in [2.75, 3.05) is 30.8 Å². The molecule has 3 N–H and O–H groups in total. The molecule has 0 aromatic heterocycles. The third kappa shape index (κ3) is 7.77. The Morgan fingerprint density at radius 2 is 1.47 bits per heavy atom. The zero-order valence-corrected chi connectivity index (χ0v) is 18.5. The van der Waals surface area contributed by atoms with Gasteiger partial charge in [0.05, 0.1) is 13.7 Å². The van der Waals surface area contributed by atoms with Crippen molar-refractivity contribution >= 4 is 23.2 Å². The molecule has 0 aliphatic heterocycles. The third-order valence-corrected chi connectivity index (χ3v) is 4.83. The fourth-order valence-electron chi connectivity index (χ4n) is 3.05. The van der Waals surface area contributed by atoms with E-state index in [-0.39, 0.29) is 24.1 Å². The highest BCUT2D eigenvalue weighted by atomic mass is 19.3. The van der Waals surface area contributed by atoms with Crippen LogP contribution in [0.25, 0.3) is 0 Å². The molecule has 0 heterocycles. The Balaban J connectivity index is 1.38. The zero-order chi connectivity index (χ0) is 24.3. The van der Waals surface area contributed by atoms with Gasteiger partial charge >= 0.3 is 6.61 Å². The van der Waals surface area contributed by atoms with E-state index < -0.39 is 6.61 Å². The lowest BCUT2D eigenvalue weighted by Crippen LogP contribution is -2.31. The number of methoxy groups -OCH3 is 1. The molecule has 0 aliphatic rings. The van der Waals surface area contributed by atoms with Gasteiger partial charge in [-0.1, -0.05) is 12.1 Å². The lowest BCUT2D eigenvalue weighted by atomic mass is 10.1. The molecule has 9 heteroatoms. The summed E-state index contributed by atoms with van der Waals surface area (Å²) < 4.78 is 33.7. The molecule has 2 amide bonds. The van der Waals surface area contributed by atoms with Crippen molar-refractivity contribution in [3.8, 4) is 11.5 Å². The predicted molar refractivity (Wildman–Crippen MR) is 126 cm³/mol. The van der Waals surface area contributed by atoms with Crippen molar-refractivity contribution < 1.29 is 27.8 Å². The number of halogens is 2. The van der Waals surface area contributed by atoms with Crippen LogP contribution in [0.1, 0.15) is 15.9 Å². The molecule has 34 heavy (non-hydrogen) atoms. The molecular weight excluding hydrogens is 444 g/mol. The number of hydrogen-bond donors (Lipinski definition) is 3. The van der Waals surface area contributed by atoms with E-state index in [0.29, 0.717) is 35.7 Å². The molecule has 0 saturated carbocycles. The molecule has 3 rings (SSSR count). The van der Waals surface area contributed by atoms with E-state index in [0.717, 1.165) is 5.56 Å². The van der Waals surface area contributed by atoms with Gasteiger partial charge in [-0.15, -0.1) is 0 Å². The average Bonchev–Trinajstić information content (AvgIpc) is 2.84. The fraction of sp³-hybridized carbons (Fsp3) is 0.200. The number of carbonyl (C=O) groups excluding carboxylic acids is 2. The van der Waals surface area contributed by atoms with E-state index in [1.165, 1.54) is 12.1 Å². The zero-order valence-electron chi connectivity index (χ0n) is 18.5. The quantitative estimate of drug-likeness (QED) is 0.389. The van der Waals surface area contributed by atoms with Gasteiger partial charge in [0.15, 0.2) is 0 Å². The van der Waals surface area contributed by atoms with Gasteiger partial charge in [-0.2, -0.15) is 8.78 Å². The summed E-state index contributed by atoms with van der Waals surface area (Å²) in [4.78, 5) is 24.4. The van der Waals surface area contributed by atoms with Gasteiger partial charge in [0, 0.05) is 23.5 Å². The van der Waals surface area contributed by atoms with Gasteiger partial charge < -0.3 is 25.4 Å². The number of benzene rings is 3. The van der Waals surface area contributed by atoms with Crippen LogP contribution in [0.5, 0.6) is 11.5 Å². The number of rotatable bonds is 11. The van der Waals surface area contributed by atoms with Crippen LogP contribution in [0.15, 0.2) is 72.8 Å². The summed E-state index contributed by atoms with van der Waals surface area (Å²) in [6, 6.07) is 20.1. The molecule has 3 aromatic carbocycles. The van der Waals surface area contributed by atoms with E-state index >= 15 is 0 Å². The summed E-state index contributed by atoms with van der Waals surface area (Å²) in [6.07, 6.45) is 0.554. The third-order valence-electron chi connectivity index (χ3n) is 4.83. The van der Waals surface area contributed by atoms with E-state index in [4.69, 9.17) is 4.74 Å². The molecule has 0 fully saturated rings. The lowest BCUT2D eigenvalue weighted by Gasteiger charge is -2.10. The molecule has 0 aliphatic carbocycles. The first-order valence-electron chi connectivity index (χ1n) is 10.5. The number of nitrogens with one attached hydrogen (secondary N) is 3. The molecule has 0 atom stereocenters. The second kappa shape index (κ2) is 12.2. The first-order valence-corrected chi connectivity index (χ1v) is 10.5. The largest absolute Gasteiger partial charge is 0.497 e. The summed E-state index contributed by atoms with van der Waals surface area (Å²) in [6.45, 7) is -2.39. The minimum atomic E-state index is -2.86. The number of alkyl halides is 2. The van der Waals surface area contributed by atoms with Gasteiger partial charge in [-0.25, -0.2) is 0 Å². The van der Waals surface area contributed by atoms with Crippen molar-refractivity contribution in [1.29, 1.82) is 0 Å². The Bertz CT molecular complexity index is 1070. The molecule has 0 spiro atoms. The van der Waals surface area contributed by atoms with Crippen molar-refractivity contribution in [2.24, 2.45) is 0 Å². The summed E-state index contributed by atoms with van der Waals surface area (Å²) in [5.41, 5.74) is 2.72. The molecule has 0 radical (unpaired) electrons. The highest BCUT2D eigenvalue weighted by Gasteiger charge is 2.08. The Kier molecular flexibility index (Phi) is 8.79. The van der Waals surface area contributed by atoms with Gasteiger partial charge in [0.2, 0.25) is 5.91 Å². The lowest BCUT2D eigenvalue weighted by molar-refractivity contribution is -0.119. The molecule has 178 valence electrons. The molecule has 0 unspecified atom stereocenters. The molecule has 7 nitrogen and oxygen atoms in total. The van der Waals surface area contributed by atoms with Crippen LogP contribution in [0.3, 0.4) is 0 Å².